The lowest BCUT2D eigenvalue weighted by Crippen LogP contribution is -2.06. The summed E-state index contributed by atoms with van der Waals surface area (Å²) in [6.45, 7) is 2.14. The van der Waals surface area contributed by atoms with Gasteiger partial charge in [-0.25, -0.2) is 0 Å². The van der Waals surface area contributed by atoms with Gasteiger partial charge in [0.15, 0.2) is 0 Å². The van der Waals surface area contributed by atoms with Gasteiger partial charge in [-0.3, -0.25) is 4.79 Å². The number of aryl methyl sites for hydroxylation is 1. The molecule has 2 aromatic rings. The third-order valence-electron chi connectivity index (χ3n) is 2.69. The predicted octanol–water partition coefficient (Wildman–Crippen LogP) is 3.52. The van der Waals surface area contributed by atoms with Crippen LogP contribution in [0.5, 0.6) is 0 Å². The number of rotatable bonds is 3. The van der Waals surface area contributed by atoms with Crippen molar-refractivity contribution >= 4 is 22.5 Å². The van der Waals surface area contributed by atoms with E-state index < -0.39 is 0 Å². The van der Waals surface area contributed by atoms with Crippen LogP contribution in [-0.4, -0.2) is 4.98 Å². The van der Waals surface area contributed by atoms with Gasteiger partial charge in [-0.2, -0.15) is 0 Å². The molecule has 0 saturated carbocycles. The third-order valence-corrected chi connectivity index (χ3v) is 2.93. The molecule has 1 N–H and O–H groups in total. The van der Waals surface area contributed by atoms with Crippen LogP contribution in [0.4, 0.5) is 0 Å². The number of H-pyrrole nitrogens is 1. The van der Waals surface area contributed by atoms with Crippen LogP contribution in [-0.2, 0) is 6.42 Å². The zero-order valence-corrected chi connectivity index (χ0v) is 9.97. The number of benzene rings is 1. The predicted molar refractivity (Wildman–Crippen MR) is 68.2 cm³/mol. The number of aromatic amines is 1. The number of aromatic nitrogens is 1. The Morgan fingerprint density at radius 2 is 2.12 bits per heavy atom. The molecular weight excluding hydrogens is 222 g/mol. The summed E-state index contributed by atoms with van der Waals surface area (Å²) in [4.78, 5) is 14.3. The first-order chi connectivity index (χ1) is 7.70. The maximum absolute atomic E-state index is 11.5. The molecule has 0 radical (unpaired) electrons. The molecule has 0 saturated heterocycles. The molecule has 0 spiro atoms. The number of pyridine rings is 1. The highest BCUT2D eigenvalue weighted by molar-refractivity contribution is 6.31. The van der Waals surface area contributed by atoms with Gasteiger partial charge in [-0.05, 0) is 36.6 Å². The summed E-state index contributed by atoms with van der Waals surface area (Å²) >= 11 is 5.97. The van der Waals surface area contributed by atoms with Crippen molar-refractivity contribution in [3.05, 3.63) is 45.2 Å². The first-order valence-electron chi connectivity index (χ1n) is 5.52. The standard InChI is InChI=1S/C13H14ClNO/c1-2-3-4-9-7-13(16)15-12-6-5-10(14)8-11(9)12/h5-8H,2-4H2,1H3,(H,15,16). The molecule has 3 heteroatoms. The molecule has 0 fully saturated rings. The van der Waals surface area contributed by atoms with Gasteiger partial charge >= 0.3 is 0 Å². The zero-order valence-electron chi connectivity index (χ0n) is 9.22. The number of nitrogens with one attached hydrogen (secondary N) is 1. The highest BCUT2D eigenvalue weighted by atomic mass is 35.5. The highest BCUT2D eigenvalue weighted by Gasteiger charge is 2.03. The Kier molecular flexibility index (Phi) is 3.30. The normalized spacial score (nSPS) is 10.9. The van der Waals surface area contributed by atoms with E-state index in [0.717, 1.165) is 35.7 Å². The molecule has 0 aliphatic carbocycles. The summed E-state index contributed by atoms with van der Waals surface area (Å²) in [6, 6.07) is 7.24. The Bertz CT molecular complexity index is 559. The van der Waals surface area contributed by atoms with Gasteiger partial charge in [-0.15, -0.1) is 0 Å². The average molecular weight is 236 g/mol. The van der Waals surface area contributed by atoms with Crippen LogP contribution in [0.15, 0.2) is 29.1 Å². The SMILES string of the molecule is CCCCc1cc(=O)[nH]c2ccc(Cl)cc12. The molecule has 0 amide bonds. The first kappa shape index (κ1) is 11.2. The van der Waals surface area contributed by atoms with Crippen molar-refractivity contribution in [1.82, 2.24) is 4.98 Å². The lowest BCUT2D eigenvalue weighted by atomic mass is 10.0. The summed E-state index contributed by atoms with van der Waals surface area (Å²) < 4.78 is 0. The van der Waals surface area contributed by atoms with Crippen molar-refractivity contribution in [2.24, 2.45) is 0 Å². The molecule has 2 nitrogen and oxygen atoms in total. The summed E-state index contributed by atoms with van der Waals surface area (Å²) in [6.07, 6.45) is 3.14. The maximum atomic E-state index is 11.5. The molecule has 0 bridgehead atoms. The van der Waals surface area contributed by atoms with Crippen LogP contribution in [0.3, 0.4) is 0 Å². The number of fused-ring (bicyclic) bond motifs is 1. The minimum Gasteiger partial charge on any atom is -0.322 e. The van der Waals surface area contributed by atoms with Gasteiger partial charge in [0.05, 0.1) is 0 Å². The molecule has 1 aromatic heterocycles. The lowest BCUT2D eigenvalue weighted by Gasteiger charge is -2.05. The second-order valence-corrected chi connectivity index (χ2v) is 4.39. The van der Waals surface area contributed by atoms with Crippen LogP contribution in [0.1, 0.15) is 25.3 Å². The van der Waals surface area contributed by atoms with Crippen molar-refractivity contribution in [2.75, 3.05) is 0 Å². The van der Waals surface area contributed by atoms with Gasteiger partial charge in [0.2, 0.25) is 5.56 Å². The zero-order chi connectivity index (χ0) is 11.5. The average Bonchev–Trinajstić information content (AvgIpc) is 2.26. The Balaban J connectivity index is 2.60. The van der Waals surface area contributed by atoms with E-state index in [4.69, 9.17) is 11.6 Å². The molecule has 0 aliphatic heterocycles. The smallest absolute Gasteiger partial charge is 0.248 e. The van der Waals surface area contributed by atoms with E-state index in [1.54, 1.807) is 12.1 Å². The molecule has 0 aliphatic rings. The van der Waals surface area contributed by atoms with Crippen LogP contribution in [0, 0.1) is 0 Å². The van der Waals surface area contributed by atoms with Crippen molar-refractivity contribution in [1.29, 1.82) is 0 Å². The molecule has 0 atom stereocenters. The van der Waals surface area contributed by atoms with Gasteiger partial charge in [0.1, 0.15) is 0 Å². The number of hydrogen-bond donors (Lipinski definition) is 1. The highest BCUT2D eigenvalue weighted by Crippen LogP contribution is 2.21. The number of hydrogen-bond acceptors (Lipinski definition) is 1. The van der Waals surface area contributed by atoms with E-state index in [-0.39, 0.29) is 5.56 Å². The summed E-state index contributed by atoms with van der Waals surface area (Å²) in [5, 5.41) is 1.76. The van der Waals surface area contributed by atoms with Crippen molar-refractivity contribution in [2.45, 2.75) is 26.2 Å². The fourth-order valence-electron chi connectivity index (χ4n) is 1.87. The van der Waals surface area contributed by atoms with Gasteiger partial charge < -0.3 is 4.98 Å². The quantitative estimate of drug-likeness (QED) is 0.868. The maximum Gasteiger partial charge on any atom is 0.248 e. The van der Waals surface area contributed by atoms with E-state index in [2.05, 4.69) is 11.9 Å². The van der Waals surface area contributed by atoms with Crippen molar-refractivity contribution < 1.29 is 0 Å². The van der Waals surface area contributed by atoms with Crippen molar-refractivity contribution in [3.8, 4) is 0 Å². The second kappa shape index (κ2) is 4.71. The van der Waals surface area contributed by atoms with E-state index in [9.17, 15) is 4.79 Å². The Morgan fingerprint density at radius 1 is 1.31 bits per heavy atom. The van der Waals surface area contributed by atoms with Gasteiger partial charge in [0, 0.05) is 22.0 Å². The van der Waals surface area contributed by atoms with Crippen LogP contribution in [0.25, 0.3) is 10.9 Å². The fourth-order valence-corrected chi connectivity index (χ4v) is 2.04. The first-order valence-corrected chi connectivity index (χ1v) is 5.90. The largest absolute Gasteiger partial charge is 0.322 e. The third kappa shape index (κ3) is 2.27. The monoisotopic (exact) mass is 235 g/mol. The molecular formula is C13H14ClNO. The minimum absolute atomic E-state index is 0.0408. The lowest BCUT2D eigenvalue weighted by molar-refractivity contribution is 0.797. The molecule has 0 unspecified atom stereocenters. The fraction of sp³-hybridized carbons (Fsp3) is 0.308. The Hall–Kier alpha value is -1.28. The number of unbranched alkanes of at least 4 members (excludes halogenated alkanes) is 1. The van der Waals surface area contributed by atoms with Gasteiger partial charge in [-0.1, -0.05) is 24.9 Å². The van der Waals surface area contributed by atoms with Crippen LogP contribution in [0.2, 0.25) is 5.02 Å². The number of halogens is 1. The van der Waals surface area contributed by atoms with Crippen LogP contribution < -0.4 is 5.56 Å². The van der Waals surface area contributed by atoms with E-state index in [0.29, 0.717) is 5.02 Å². The van der Waals surface area contributed by atoms with Crippen molar-refractivity contribution in [3.63, 3.8) is 0 Å². The second-order valence-electron chi connectivity index (χ2n) is 3.95. The topological polar surface area (TPSA) is 32.9 Å². The Labute approximate surface area is 99.3 Å². The molecule has 2 rings (SSSR count). The molecule has 1 heterocycles. The molecule has 16 heavy (non-hydrogen) atoms. The van der Waals surface area contributed by atoms with E-state index in [1.807, 2.05) is 12.1 Å². The Morgan fingerprint density at radius 3 is 2.88 bits per heavy atom. The van der Waals surface area contributed by atoms with E-state index >= 15 is 0 Å². The minimum atomic E-state index is -0.0408. The summed E-state index contributed by atoms with van der Waals surface area (Å²) in [7, 11) is 0. The van der Waals surface area contributed by atoms with E-state index in [1.165, 1.54) is 0 Å². The molecule has 1 aromatic carbocycles. The van der Waals surface area contributed by atoms with Crippen LogP contribution >= 0.6 is 11.6 Å². The summed E-state index contributed by atoms with van der Waals surface area (Å²) in [5.41, 5.74) is 1.91. The summed E-state index contributed by atoms with van der Waals surface area (Å²) in [5.74, 6) is 0. The molecule has 84 valence electrons. The van der Waals surface area contributed by atoms with Gasteiger partial charge in [0.25, 0.3) is 0 Å².